The number of benzene rings is 2. The molecule has 0 aromatic heterocycles. The summed E-state index contributed by atoms with van der Waals surface area (Å²) in [4.78, 5) is 42.5. The first-order valence-corrected chi connectivity index (χ1v) is 14.7. The maximum absolute atomic E-state index is 15.2. The van der Waals surface area contributed by atoms with Gasteiger partial charge in [0.2, 0.25) is 0 Å². The fourth-order valence-electron chi connectivity index (χ4n) is 6.42. The van der Waals surface area contributed by atoms with E-state index in [4.69, 9.17) is 9.47 Å². The van der Waals surface area contributed by atoms with Gasteiger partial charge in [-0.15, -0.1) is 0 Å². The summed E-state index contributed by atoms with van der Waals surface area (Å²) in [5, 5.41) is 9.86. The number of nitriles is 1. The molecule has 2 amide bonds. The smallest absolute Gasteiger partial charge is 0.411 e. The average molecular weight is 576 g/mol. The van der Waals surface area contributed by atoms with Crippen LogP contribution in [0.1, 0.15) is 62.4 Å². The molecule has 2 aromatic carbocycles. The van der Waals surface area contributed by atoms with E-state index in [0.29, 0.717) is 43.0 Å². The largest absolute Gasteiger partial charge is 0.444 e. The molecule has 2 heterocycles. The van der Waals surface area contributed by atoms with Gasteiger partial charge in [0, 0.05) is 31.1 Å². The fourth-order valence-corrected chi connectivity index (χ4v) is 6.42. The number of likely N-dealkylation sites (tertiary alicyclic amines) is 1. The van der Waals surface area contributed by atoms with Gasteiger partial charge < -0.3 is 14.4 Å². The quantitative estimate of drug-likeness (QED) is 0.439. The molecule has 2 aliphatic heterocycles. The Labute approximate surface area is 246 Å². The van der Waals surface area contributed by atoms with Crippen LogP contribution in [0.5, 0.6) is 0 Å². The molecular weight excluding hydrogens is 537 g/mol. The molecule has 0 spiro atoms. The zero-order chi connectivity index (χ0) is 30.0. The number of hydrogen-bond donors (Lipinski definition) is 0. The van der Waals surface area contributed by atoms with Crippen molar-refractivity contribution in [2.45, 2.75) is 70.6 Å². The van der Waals surface area contributed by atoms with Crippen LogP contribution in [0.4, 0.5) is 9.18 Å². The summed E-state index contributed by atoms with van der Waals surface area (Å²) < 4.78 is 26.1. The van der Waals surface area contributed by atoms with Crippen LogP contribution in [0.2, 0.25) is 0 Å². The van der Waals surface area contributed by atoms with Gasteiger partial charge in [0.25, 0.3) is 5.91 Å². The van der Waals surface area contributed by atoms with Crippen molar-refractivity contribution in [1.29, 1.82) is 5.26 Å². The van der Waals surface area contributed by atoms with Gasteiger partial charge in [0.1, 0.15) is 11.4 Å². The van der Waals surface area contributed by atoms with Crippen molar-refractivity contribution in [1.82, 2.24) is 9.80 Å². The number of halogens is 1. The lowest BCUT2D eigenvalue weighted by molar-refractivity contribution is -0.126. The van der Waals surface area contributed by atoms with Gasteiger partial charge in [-0.2, -0.15) is 5.26 Å². The predicted octanol–water partition coefficient (Wildman–Crippen LogP) is 5.39. The van der Waals surface area contributed by atoms with Crippen LogP contribution in [-0.4, -0.2) is 71.6 Å². The lowest BCUT2D eigenvalue weighted by Crippen LogP contribution is -2.51. The summed E-state index contributed by atoms with van der Waals surface area (Å²) in [5.74, 6) is -1.32. The number of piperidine rings is 1. The number of ether oxygens (including phenoxy) is 2. The second kappa shape index (κ2) is 12.2. The normalized spacial score (nSPS) is 22.5. The van der Waals surface area contributed by atoms with E-state index in [0.717, 1.165) is 24.8 Å². The number of fused-ring (bicyclic) bond motifs is 2. The second-order valence-corrected chi connectivity index (χ2v) is 12.5. The Morgan fingerprint density at radius 2 is 1.76 bits per heavy atom. The Bertz CT molecular complexity index is 1370. The third kappa shape index (κ3) is 6.49. The molecule has 9 heteroatoms. The van der Waals surface area contributed by atoms with E-state index in [2.05, 4.69) is 6.07 Å². The molecule has 2 bridgehead atoms. The molecule has 0 N–H and O–H groups in total. The number of amides is 2. The van der Waals surface area contributed by atoms with E-state index >= 15 is 4.39 Å². The Morgan fingerprint density at radius 1 is 1.07 bits per heavy atom. The Balaban J connectivity index is 1.23. The zero-order valence-corrected chi connectivity index (χ0v) is 24.5. The minimum atomic E-state index is -0.719. The number of hydrogen-bond acceptors (Lipinski definition) is 6. The summed E-state index contributed by atoms with van der Waals surface area (Å²) in [5.41, 5.74) is 1.67. The highest BCUT2D eigenvalue weighted by molar-refractivity contribution is 5.94. The van der Waals surface area contributed by atoms with Crippen molar-refractivity contribution < 1.29 is 28.2 Å². The number of rotatable bonds is 7. The molecule has 1 aliphatic carbocycles. The molecule has 0 radical (unpaired) electrons. The number of morpholine rings is 1. The van der Waals surface area contributed by atoms with Crippen LogP contribution >= 0.6 is 0 Å². The summed E-state index contributed by atoms with van der Waals surface area (Å²) in [7, 11) is 0. The van der Waals surface area contributed by atoms with E-state index < -0.39 is 29.5 Å². The molecule has 222 valence electrons. The Kier molecular flexibility index (Phi) is 8.65. The van der Waals surface area contributed by atoms with Gasteiger partial charge in [0.15, 0.2) is 5.78 Å². The summed E-state index contributed by atoms with van der Waals surface area (Å²) in [6.45, 7) is 7.57. The Morgan fingerprint density at radius 3 is 2.40 bits per heavy atom. The second-order valence-electron chi connectivity index (χ2n) is 12.5. The van der Waals surface area contributed by atoms with E-state index in [1.54, 1.807) is 67.0 Å². The number of ketones is 1. The average Bonchev–Trinajstić information content (AvgIpc) is 3.59. The van der Waals surface area contributed by atoms with Crippen LogP contribution in [0.25, 0.3) is 11.1 Å². The highest BCUT2D eigenvalue weighted by Crippen LogP contribution is 2.44. The third-order valence-electron chi connectivity index (χ3n) is 8.43. The van der Waals surface area contributed by atoms with Crippen LogP contribution in [0, 0.1) is 29.0 Å². The number of nitrogens with zero attached hydrogens (tertiary/aromatic N) is 3. The standard InChI is InChI=1S/C33H38FN3O5/c1-33(2,3)42-32(40)37-27-11-10-26(18-27)30(37)29(38)17-21(20-35)16-25-9-8-24(19-28(25)34)22-4-6-23(7-5-22)31(39)36-12-14-41-15-13-36/h4-9,19,21,26-27,30H,10-18H2,1-3H3/t21-,26+,27-,30+/m1/s1. The van der Waals surface area contributed by atoms with Crippen LogP contribution in [-0.2, 0) is 20.7 Å². The molecule has 4 atom stereocenters. The first kappa shape index (κ1) is 29.7. The summed E-state index contributed by atoms with van der Waals surface area (Å²) in [6.07, 6.45) is 2.04. The van der Waals surface area contributed by atoms with Crippen LogP contribution in [0.3, 0.4) is 0 Å². The molecule has 2 aromatic rings. The van der Waals surface area contributed by atoms with Gasteiger partial charge in [0.05, 0.1) is 31.2 Å². The number of carbonyl (C=O) groups excluding carboxylic acids is 3. The number of carbonyl (C=O) groups is 3. The van der Waals surface area contributed by atoms with Gasteiger partial charge in [-0.25, -0.2) is 9.18 Å². The number of Topliss-reactive ketones (excluding diaryl/α,β-unsaturated/α-hetero) is 1. The van der Waals surface area contributed by atoms with Crippen LogP contribution in [0.15, 0.2) is 42.5 Å². The summed E-state index contributed by atoms with van der Waals surface area (Å²) in [6, 6.07) is 13.5. The maximum Gasteiger partial charge on any atom is 0.411 e. The lowest BCUT2D eigenvalue weighted by atomic mass is 9.87. The minimum Gasteiger partial charge on any atom is -0.444 e. The predicted molar refractivity (Wildman–Crippen MR) is 154 cm³/mol. The van der Waals surface area contributed by atoms with E-state index in [1.165, 1.54) is 6.07 Å². The SMILES string of the molecule is CC(C)(C)OC(=O)N1[C@@H]2CC[C@@H](C2)[C@H]1C(=O)C[C@H](C#N)Cc1ccc(-c2ccc(C(=O)N3CCOCC3)cc2)cc1F. The van der Waals surface area contributed by atoms with E-state index in [-0.39, 0.29) is 36.5 Å². The third-order valence-corrected chi connectivity index (χ3v) is 8.43. The van der Waals surface area contributed by atoms with Crippen molar-refractivity contribution in [2.24, 2.45) is 11.8 Å². The van der Waals surface area contributed by atoms with Gasteiger partial charge in [-0.05, 0) is 87.3 Å². The first-order valence-electron chi connectivity index (χ1n) is 14.7. The monoisotopic (exact) mass is 575 g/mol. The molecule has 3 fully saturated rings. The lowest BCUT2D eigenvalue weighted by Gasteiger charge is -2.35. The van der Waals surface area contributed by atoms with E-state index in [9.17, 15) is 19.6 Å². The summed E-state index contributed by atoms with van der Waals surface area (Å²) >= 11 is 0. The zero-order valence-electron chi connectivity index (χ0n) is 24.5. The van der Waals surface area contributed by atoms with Crippen molar-refractivity contribution in [3.63, 3.8) is 0 Å². The topological polar surface area (TPSA) is 99.9 Å². The van der Waals surface area contributed by atoms with Gasteiger partial charge in [-0.1, -0.05) is 24.3 Å². The maximum atomic E-state index is 15.2. The molecule has 3 aliphatic rings. The van der Waals surface area contributed by atoms with Crippen molar-refractivity contribution in [3.05, 3.63) is 59.4 Å². The van der Waals surface area contributed by atoms with Crippen LogP contribution < -0.4 is 0 Å². The van der Waals surface area contributed by atoms with Gasteiger partial charge >= 0.3 is 6.09 Å². The molecule has 8 nitrogen and oxygen atoms in total. The van der Waals surface area contributed by atoms with Crippen molar-refractivity contribution in [2.75, 3.05) is 26.3 Å². The first-order chi connectivity index (χ1) is 20.0. The fraction of sp³-hybridized carbons (Fsp3) is 0.515. The van der Waals surface area contributed by atoms with Crippen molar-refractivity contribution in [3.8, 4) is 17.2 Å². The molecule has 1 saturated carbocycles. The molecule has 42 heavy (non-hydrogen) atoms. The molecule has 2 saturated heterocycles. The molecule has 5 rings (SSSR count). The minimum absolute atomic E-state index is 0.0177. The molecular formula is C33H38FN3O5. The Hall–Kier alpha value is -3.77. The molecule has 0 unspecified atom stereocenters. The van der Waals surface area contributed by atoms with Gasteiger partial charge in [-0.3, -0.25) is 14.5 Å². The van der Waals surface area contributed by atoms with E-state index in [1.807, 2.05) is 0 Å². The highest BCUT2D eigenvalue weighted by Gasteiger charge is 2.52. The highest BCUT2D eigenvalue weighted by atomic mass is 19.1. The van der Waals surface area contributed by atoms with Crippen molar-refractivity contribution >= 4 is 17.8 Å².